The highest BCUT2D eigenvalue weighted by Crippen LogP contribution is 2.27. The average Bonchev–Trinajstić information content (AvgIpc) is 2.72. The number of carbonyl (C=O) groups is 1. The molecule has 0 bridgehead atoms. The van der Waals surface area contributed by atoms with Crippen LogP contribution in [-0.4, -0.2) is 24.3 Å². The lowest BCUT2D eigenvalue weighted by Gasteiger charge is -2.12. The standard InChI is InChI=1S/C24H20ClIO4/c1-16-14-21(10-11-23(16)30-15-24(27)28)29-13-12-22(17-2-6-19(25)7-3-17)18-4-8-20(26)9-5-18/h2-12,14H,13,15H2,1H3,(H,27,28)/b22-12-. The predicted octanol–water partition coefficient (Wildman–Crippen LogP) is 6.23. The molecule has 3 rings (SSSR count). The fraction of sp³-hybridized carbons (Fsp3) is 0.125. The minimum atomic E-state index is -1.01. The van der Waals surface area contributed by atoms with Gasteiger partial charge in [-0.2, -0.15) is 0 Å². The molecule has 4 nitrogen and oxygen atoms in total. The van der Waals surface area contributed by atoms with E-state index in [2.05, 4.69) is 46.9 Å². The Labute approximate surface area is 194 Å². The van der Waals surface area contributed by atoms with Crippen LogP contribution in [0.5, 0.6) is 11.5 Å². The Balaban J connectivity index is 1.77. The molecule has 1 N–H and O–H groups in total. The van der Waals surface area contributed by atoms with Gasteiger partial charge in [-0.25, -0.2) is 4.79 Å². The van der Waals surface area contributed by atoms with Gasteiger partial charge in [0.15, 0.2) is 6.61 Å². The van der Waals surface area contributed by atoms with Crippen molar-refractivity contribution in [3.63, 3.8) is 0 Å². The van der Waals surface area contributed by atoms with E-state index in [0.717, 1.165) is 22.3 Å². The molecule has 3 aromatic rings. The van der Waals surface area contributed by atoms with Crippen LogP contribution in [0.1, 0.15) is 16.7 Å². The number of aliphatic carboxylic acids is 1. The van der Waals surface area contributed by atoms with E-state index in [1.807, 2.05) is 43.3 Å². The molecule has 0 saturated heterocycles. The van der Waals surface area contributed by atoms with Gasteiger partial charge in [-0.05, 0) is 100 Å². The molecule has 0 aliphatic rings. The van der Waals surface area contributed by atoms with E-state index in [0.29, 0.717) is 23.1 Å². The Hall–Kier alpha value is -2.51. The van der Waals surface area contributed by atoms with Crippen molar-refractivity contribution in [2.75, 3.05) is 13.2 Å². The second kappa shape index (κ2) is 10.5. The molecule has 0 amide bonds. The molecular weight excluding hydrogens is 515 g/mol. The van der Waals surface area contributed by atoms with Crippen LogP contribution >= 0.6 is 34.2 Å². The molecule has 0 aliphatic carbocycles. The van der Waals surface area contributed by atoms with Crippen molar-refractivity contribution >= 4 is 45.7 Å². The fourth-order valence-electron chi connectivity index (χ4n) is 2.90. The van der Waals surface area contributed by atoms with E-state index in [4.69, 9.17) is 26.2 Å². The van der Waals surface area contributed by atoms with E-state index in [1.165, 1.54) is 3.57 Å². The monoisotopic (exact) mass is 534 g/mol. The molecule has 0 aliphatic heterocycles. The van der Waals surface area contributed by atoms with Gasteiger partial charge in [-0.3, -0.25) is 0 Å². The average molecular weight is 535 g/mol. The Morgan fingerprint density at radius 2 is 1.63 bits per heavy atom. The summed E-state index contributed by atoms with van der Waals surface area (Å²) in [6, 6.07) is 21.4. The van der Waals surface area contributed by atoms with Gasteiger partial charge in [0.25, 0.3) is 0 Å². The van der Waals surface area contributed by atoms with Gasteiger partial charge < -0.3 is 14.6 Å². The van der Waals surface area contributed by atoms with Crippen LogP contribution in [0.15, 0.2) is 72.8 Å². The second-order valence-corrected chi connectivity index (χ2v) is 8.23. The summed E-state index contributed by atoms with van der Waals surface area (Å²) in [7, 11) is 0. The van der Waals surface area contributed by atoms with E-state index in [-0.39, 0.29) is 6.61 Å². The zero-order valence-electron chi connectivity index (χ0n) is 16.3. The number of hydrogen-bond donors (Lipinski definition) is 1. The van der Waals surface area contributed by atoms with Gasteiger partial charge in [0.1, 0.15) is 18.1 Å². The number of benzene rings is 3. The van der Waals surface area contributed by atoms with Crippen LogP contribution in [0.25, 0.3) is 5.57 Å². The molecule has 30 heavy (non-hydrogen) atoms. The summed E-state index contributed by atoms with van der Waals surface area (Å²) in [6.45, 7) is 1.85. The van der Waals surface area contributed by atoms with Crippen molar-refractivity contribution in [2.24, 2.45) is 0 Å². The maximum absolute atomic E-state index is 10.7. The maximum atomic E-state index is 10.7. The lowest BCUT2D eigenvalue weighted by Crippen LogP contribution is -2.10. The minimum Gasteiger partial charge on any atom is -0.489 e. The van der Waals surface area contributed by atoms with Gasteiger partial charge in [0.2, 0.25) is 0 Å². The largest absolute Gasteiger partial charge is 0.489 e. The number of hydrogen-bond acceptors (Lipinski definition) is 3. The SMILES string of the molecule is Cc1cc(OC/C=C(/c2ccc(Cl)cc2)c2ccc(I)cc2)ccc1OCC(=O)O. The number of carboxylic acids is 1. The summed E-state index contributed by atoms with van der Waals surface area (Å²) in [5.41, 5.74) is 4.02. The normalized spacial score (nSPS) is 11.2. The second-order valence-electron chi connectivity index (χ2n) is 6.55. The first-order chi connectivity index (χ1) is 14.4. The zero-order chi connectivity index (χ0) is 21.5. The third-order valence-corrected chi connectivity index (χ3v) is 5.32. The first kappa shape index (κ1) is 22.2. The first-order valence-corrected chi connectivity index (χ1v) is 10.7. The number of rotatable bonds is 8. The molecule has 6 heteroatoms. The van der Waals surface area contributed by atoms with Crippen molar-refractivity contribution in [1.29, 1.82) is 0 Å². The van der Waals surface area contributed by atoms with Crippen LogP contribution in [0.2, 0.25) is 5.02 Å². The molecule has 0 saturated carbocycles. The molecule has 0 radical (unpaired) electrons. The third-order valence-electron chi connectivity index (χ3n) is 4.35. The molecular formula is C24H20ClIO4. The van der Waals surface area contributed by atoms with Crippen LogP contribution in [0, 0.1) is 10.5 Å². The summed E-state index contributed by atoms with van der Waals surface area (Å²) in [6.07, 6.45) is 2.04. The Bertz CT molecular complexity index is 996. The number of ether oxygens (including phenoxy) is 2. The third kappa shape index (κ3) is 6.24. The summed E-state index contributed by atoms with van der Waals surface area (Å²) in [4.78, 5) is 10.7. The van der Waals surface area contributed by atoms with Gasteiger partial charge in [-0.15, -0.1) is 0 Å². The number of aryl methyl sites for hydroxylation is 1. The van der Waals surface area contributed by atoms with Crippen molar-refractivity contribution < 1.29 is 19.4 Å². The van der Waals surface area contributed by atoms with Gasteiger partial charge in [0.05, 0.1) is 0 Å². The quantitative estimate of drug-likeness (QED) is 0.348. The number of halogens is 2. The van der Waals surface area contributed by atoms with Crippen molar-refractivity contribution in [3.05, 3.63) is 98.1 Å². The Morgan fingerprint density at radius 3 is 2.23 bits per heavy atom. The first-order valence-electron chi connectivity index (χ1n) is 9.22. The molecule has 154 valence electrons. The molecule has 0 unspecified atom stereocenters. The number of carboxylic acid groups (broad SMARTS) is 1. The van der Waals surface area contributed by atoms with Crippen LogP contribution < -0.4 is 9.47 Å². The molecule has 0 aromatic heterocycles. The summed E-state index contributed by atoms with van der Waals surface area (Å²) in [5.74, 6) is 0.204. The fourth-order valence-corrected chi connectivity index (χ4v) is 3.38. The van der Waals surface area contributed by atoms with Gasteiger partial charge in [0, 0.05) is 8.59 Å². The van der Waals surface area contributed by atoms with E-state index >= 15 is 0 Å². The van der Waals surface area contributed by atoms with E-state index in [9.17, 15) is 4.79 Å². The molecule has 0 spiro atoms. The van der Waals surface area contributed by atoms with Crippen molar-refractivity contribution in [1.82, 2.24) is 0 Å². The Morgan fingerprint density at radius 1 is 1.00 bits per heavy atom. The predicted molar refractivity (Wildman–Crippen MR) is 127 cm³/mol. The maximum Gasteiger partial charge on any atom is 0.341 e. The molecule has 0 heterocycles. The van der Waals surface area contributed by atoms with Gasteiger partial charge >= 0.3 is 5.97 Å². The molecule has 0 fully saturated rings. The molecule has 3 aromatic carbocycles. The highest BCUT2D eigenvalue weighted by atomic mass is 127. The van der Waals surface area contributed by atoms with Crippen LogP contribution in [0.4, 0.5) is 0 Å². The van der Waals surface area contributed by atoms with Crippen LogP contribution in [0.3, 0.4) is 0 Å². The van der Waals surface area contributed by atoms with Crippen molar-refractivity contribution in [2.45, 2.75) is 6.92 Å². The summed E-state index contributed by atoms with van der Waals surface area (Å²) in [5, 5.41) is 9.44. The summed E-state index contributed by atoms with van der Waals surface area (Å²) >= 11 is 8.33. The Kier molecular flexibility index (Phi) is 7.76. The van der Waals surface area contributed by atoms with E-state index < -0.39 is 5.97 Å². The highest BCUT2D eigenvalue weighted by Gasteiger charge is 2.07. The van der Waals surface area contributed by atoms with E-state index in [1.54, 1.807) is 12.1 Å². The lowest BCUT2D eigenvalue weighted by molar-refractivity contribution is -0.139. The molecule has 0 atom stereocenters. The van der Waals surface area contributed by atoms with Crippen molar-refractivity contribution in [3.8, 4) is 11.5 Å². The van der Waals surface area contributed by atoms with Gasteiger partial charge in [-0.1, -0.05) is 35.9 Å². The minimum absolute atomic E-state index is 0.371. The summed E-state index contributed by atoms with van der Waals surface area (Å²) < 4.78 is 12.3. The lowest BCUT2D eigenvalue weighted by atomic mass is 9.98. The van der Waals surface area contributed by atoms with Crippen LogP contribution in [-0.2, 0) is 4.79 Å². The zero-order valence-corrected chi connectivity index (χ0v) is 19.2. The topological polar surface area (TPSA) is 55.8 Å². The smallest absolute Gasteiger partial charge is 0.341 e. The highest BCUT2D eigenvalue weighted by molar-refractivity contribution is 14.1.